The van der Waals surface area contributed by atoms with Crippen molar-refractivity contribution in [2.75, 3.05) is 18.2 Å². The summed E-state index contributed by atoms with van der Waals surface area (Å²) < 4.78 is 5.09. The van der Waals surface area contributed by atoms with Crippen LogP contribution in [0.25, 0.3) is 0 Å². The molecule has 0 aliphatic heterocycles. The molecule has 0 radical (unpaired) electrons. The van der Waals surface area contributed by atoms with Gasteiger partial charge in [0.1, 0.15) is 5.75 Å². The van der Waals surface area contributed by atoms with Crippen molar-refractivity contribution in [3.8, 4) is 5.75 Å². The zero-order valence-electron chi connectivity index (χ0n) is 11.6. The average molecular weight is 272 g/mol. The fourth-order valence-electron chi connectivity index (χ4n) is 1.87. The molecule has 6 heteroatoms. The van der Waals surface area contributed by atoms with Gasteiger partial charge >= 0.3 is 0 Å². The number of nitrogen functional groups attached to an aromatic ring is 1. The predicted octanol–water partition coefficient (Wildman–Crippen LogP) is 1.94. The summed E-state index contributed by atoms with van der Waals surface area (Å²) in [5.74, 6) is 0.347. The third-order valence-electron chi connectivity index (χ3n) is 2.74. The van der Waals surface area contributed by atoms with Gasteiger partial charge in [-0.1, -0.05) is 6.07 Å². The van der Waals surface area contributed by atoms with E-state index >= 15 is 0 Å². The summed E-state index contributed by atoms with van der Waals surface area (Å²) in [7, 11) is 1.50. The molecule has 0 spiro atoms. The SMILES string of the molecule is COc1cccc(C(=O)Nc2nc(C)cc(C)n2)c1N. The molecule has 0 aliphatic rings. The Morgan fingerprint density at radius 3 is 2.50 bits per heavy atom. The molecule has 0 atom stereocenters. The van der Waals surface area contributed by atoms with Crippen LogP contribution in [0.3, 0.4) is 0 Å². The normalized spacial score (nSPS) is 10.2. The van der Waals surface area contributed by atoms with Crippen LogP contribution in [0.2, 0.25) is 0 Å². The van der Waals surface area contributed by atoms with Gasteiger partial charge in [0.05, 0.1) is 18.4 Å². The number of amides is 1. The summed E-state index contributed by atoms with van der Waals surface area (Å²) in [6, 6.07) is 6.84. The van der Waals surface area contributed by atoms with Crippen molar-refractivity contribution < 1.29 is 9.53 Å². The lowest BCUT2D eigenvalue weighted by molar-refractivity contribution is 0.102. The van der Waals surface area contributed by atoms with E-state index < -0.39 is 0 Å². The molecular formula is C14H16N4O2. The van der Waals surface area contributed by atoms with E-state index in [0.717, 1.165) is 11.4 Å². The first-order valence-electron chi connectivity index (χ1n) is 6.07. The van der Waals surface area contributed by atoms with E-state index in [4.69, 9.17) is 10.5 Å². The van der Waals surface area contributed by atoms with Crippen LogP contribution in [0.15, 0.2) is 24.3 Å². The third-order valence-corrected chi connectivity index (χ3v) is 2.74. The second-order valence-corrected chi connectivity index (χ2v) is 4.35. The Labute approximate surface area is 117 Å². The van der Waals surface area contributed by atoms with E-state index in [-0.39, 0.29) is 17.5 Å². The summed E-state index contributed by atoms with van der Waals surface area (Å²) in [5.41, 5.74) is 8.06. The van der Waals surface area contributed by atoms with Crippen LogP contribution in [0.1, 0.15) is 21.7 Å². The summed E-state index contributed by atoms with van der Waals surface area (Å²) in [4.78, 5) is 20.5. The lowest BCUT2D eigenvalue weighted by atomic mass is 10.1. The van der Waals surface area contributed by atoms with Crippen LogP contribution in [-0.2, 0) is 0 Å². The van der Waals surface area contributed by atoms with Gasteiger partial charge in [0.25, 0.3) is 5.91 Å². The molecule has 0 fully saturated rings. The van der Waals surface area contributed by atoms with Gasteiger partial charge in [0.2, 0.25) is 5.95 Å². The van der Waals surface area contributed by atoms with Crippen molar-refractivity contribution in [3.63, 3.8) is 0 Å². The van der Waals surface area contributed by atoms with E-state index in [1.807, 2.05) is 19.9 Å². The van der Waals surface area contributed by atoms with Gasteiger partial charge in [-0.2, -0.15) is 0 Å². The Morgan fingerprint density at radius 2 is 1.90 bits per heavy atom. The van der Waals surface area contributed by atoms with Crippen LogP contribution in [0.5, 0.6) is 5.75 Å². The van der Waals surface area contributed by atoms with Crippen LogP contribution in [0, 0.1) is 13.8 Å². The first-order chi connectivity index (χ1) is 9.51. The highest BCUT2D eigenvalue weighted by Gasteiger charge is 2.14. The van der Waals surface area contributed by atoms with Crippen molar-refractivity contribution in [2.24, 2.45) is 0 Å². The fraction of sp³-hybridized carbons (Fsp3) is 0.214. The van der Waals surface area contributed by atoms with Crippen LogP contribution < -0.4 is 15.8 Å². The maximum Gasteiger partial charge on any atom is 0.260 e. The molecule has 0 saturated heterocycles. The molecule has 0 saturated carbocycles. The van der Waals surface area contributed by atoms with Crippen LogP contribution in [0.4, 0.5) is 11.6 Å². The minimum atomic E-state index is -0.369. The number of methoxy groups -OCH3 is 1. The quantitative estimate of drug-likeness (QED) is 0.833. The number of hydrogen-bond donors (Lipinski definition) is 2. The number of hydrogen-bond acceptors (Lipinski definition) is 5. The number of anilines is 2. The Morgan fingerprint density at radius 1 is 1.25 bits per heavy atom. The number of rotatable bonds is 3. The molecule has 104 valence electrons. The number of para-hydroxylation sites is 1. The van der Waals surface area contributed by atoms with Crippen LogP contribution >= 0.6 is 0 Å². The number of benzene rings is 1. The molecule has 3 N–H and O–H groups in total. The van der Waals surface area contributed by atoms with Gasteiger partial charge in [0, 0.05) is 11.4 Å². The van der Waals surface area contributed by atoms with E-state index in [9.17, 15) is 4.79 Å². The molecule has 6 nitrogen and oxygen atoms in total. The summed E-state index contributed by atoms with van der Waals surface area (Å²) in [6.07, 6.45) is 0. The van der Waals surface area contributed by atoms with Crippen molar-refractivity contribution in [1.82, 2.24) is 9.97 Å². The number of carbonyl (C=O) groups is 1. The maximum atomic E-state index is 12.2. The number of aryl methyl sites for hydroxylation is 2. The van der Waals surface area contributed by atoms with Gasteiger partial charge < -0.3 is 10.5 Å². The van der Waals surface area contributed by atoms with Gasteiger partial charge in [-0.3, -0.25) is 10.1 Å². The standard InChI is InChI=1S/C14H16N4O2/c1-8-7-9(2)17-14(16-8)18-13(19)10-5-4-6-11(20-3)12(10)15/h4-7H,15H2,1-3H3,(H,16,17,18,19). The number of ether oxygens (including phenoxy) is 1. The molecule has 1 aromatic heterocycles. The van der Waals surface area contributed by atoms with Crippen LogP contribution in [-0.4, -0.2) is 23.0 Å². The topological polar surface area (TPSA) is 90.1 Å². The fourth-order valence-corrected chi connectivity index (χ4v) is 1.87. The van der Waals surface area contributed by atoms with E-state index in [1.165, 1.54) is 7.11 Å². The molecule has 1 amide bonds. The minimum Gasteiger partial charge on any atom is -0.495 e. The third kappa shape index (κ3) is 2.85. The number of nitrogens with two attached hydrogens (primary N) is 1. The number of nitrogens with one attached hydrogen (secondary N) is 1. The number of carbonyl (C=O) groups excluding carboxylic acids is 1. The number of aromatic nitrogens is 2. The maximum absolute atomic E-state index is 12.2. The molecule has 0 bridgehead atoms. The van der Waals surface area contributed by atoms with Crippen molar-refractivity contribution >= 4 is 17.5 Å². The van der Waals surface area contributed by atoms with E-state index in [0.29, 0.717) is 11.3 Å². The first kappa shape index (κ1) is 13.8. The lowest BCUT2D eigenvalue weighted by Crippen LogP contribution is -2.16. The highest BCUT2D eigenvalue weighted by atomic mass is 16.5. The van der Waals surface area contributed by atoms with Gasteiger partial charge in [-0.15, -0.1) is 0 Å². The highest BCUT2D eigenvalue weighted by Crippen LogP contribution is 2.25. The summed E-state index contributed by atoms with van der Waals surface area (Å²) in [6.45, 7) is 3.68. The number of nitrogens with zero attached hydrogens (tertiary/aromatic N) is 2. The monoisotopic (exact) mass is 272 g/mol. The van der Waals surface area contributed by atoms with Gasteiger partial charge in [0.15, 0.2) is 0 Å². The summed E-state index contributed by atoms with van der Waals surface area (Å²) in [5, 5.41) is 2.64. The second kappa shape index (κ2) is 5.56. The predicted molar refractivity (Wildman–Crippen MR) is 76.9 cm³/mol. The molecule has 0 unspecified atom stereocenters. The van der Waals surface area contributed by atoms with E-state index in [2.05, 4.69) is 15.3 Å². The smallest absolute Gasteiger partial charge is 0.260 e. The average Bonchev–Trinajstić information content (AvgIpc) is 2.37. The lowest BCUT2D eigenvalue weighted by Gasteiger charge is -2.10. The molecule has 20 heavy (non-hydrogen) atoms. The Balaban J connectivity index is 2.28. The molecule has 2 rings (SSSR count). The van der Waals surface area contributed by atoms with Crippen molar-refractivity contribution in [2.45, 2.75) is 13.8 Å². The minimum absolute atomic E-state index is 0.259. The molecule has 2 aromatic rings. The molecular weight excluding hydrogens is 256 g/mol. The zero-order valence-corrected chi connectivity index (χ0v) is 11.6. The van der Waals surface area contributed by atoms with Gasteiger partial charge in [-0.05, 0) is 32.0 Å². The summed E-state index contributed by atoms with van der Waals surface area (Å²) >= 11 is 0. The highest BCUT2D eigenvalue weighted by molar-refractivity contribution is 6.07. The van der Waals surface area contributed by atoms with Crippen molar-refractivity contribution in [3.05, 3.63) is 41.2 Å². The first-order valence-corrected chi connectivity index (χ1v) is 6.07. The Hall–Kier alpha value is -2.63. The van der Waals surface area contributed by atoms with Crippen molar-refractivity contribution in [1.29, 1.82) is 0 Å². The second-order valence-electron chi connectivity index (χ2n) is 4.35. The Bertz CT molecular complexity index is 635. The zero-order chi connectivity index (χ0) is 14.7. The molecule has 1 heterocycles. The Kier molecular flexibility index (Phi) is 3.84. The van der Waals surface area contributed by atoms with E-state index in [1.54, 1.807) is 18.2 Å². The molecule has 0 aliphatic carbocycles. The largest absolute Gasteiger partial charge is 0.495 e. The molecule has 1 aromatic carbocycles. The van der Waals surface area contributed by atoms with Gasteiger partial charge in [-0.25, -0.2) is 9.97 Å².